The first kappa shape index (κ1) is 12.8. The summed E-state index contributed by atoms with van der Waals surface area (Å²) < 4.78 is 7.83. The van der Waals surface area contributed by atoms with Gasteiger partial charge in [-0.2, -0.15) is 8.75 Å². The standard InChI is InChI=1S/C12H14N6OS/c19-12(15-10-9-14-20-16-10)18-7-5-17(6-8-18)11-3-1-2-4-13-11/h1-4,9H,5-8H2,(H,15,16,19)/p+1. The smallest absolute Gasteiger partial charge is 0.317 e. The summed E-state index contributed by atoms with van der Waals surface area (Å²) in [5.74, 6) is 1.59. The molecule has 8 heteroatoms. The van der Waals surface area contributed by atoms with Crippen molar-refractivity contribution in [3.05, 3.63) is 30.6 Å². The minimum atomic E-state index is -0.116. The van der Waals surface area contributed by atoms with Crippen molar-refractivity contribution in [2.45, 2.75) is 0 Å². The third-order valence-corrected chi connectivity index (χ3v) is 3.67. The molecule has 2 N–H and O–H groups in total. The highest BCUT2D eigenvalue weighted by atomic mass is 32.1. The fourth-order valence-electron chi connectivity index (χ4n) is 2.14. The van der Waals surface area contributed by atoms with E-state index in [9.17, 15) is 4.79 Å². The summed E-state index contributed by atoms with van der Waals surface area (Å²) in [5, 5.41) is 2.74. The van der Waals surface area contributed by atoms with E-state index in [0.717, 1.165) is 30.6 Å². The second-order valence-corrected chi connectivity index (χ2v) is 5.00. The predicted molar refractivity (Wildman–Crippen MR) is 75.7 cm³/mol. The Labute approximate surface area is 120 Å². The van der Waals surface area contributed by atoms with Crippen LogP contribution >= 0.6 is 11.7 Å². The molecule has 0 unspecified atom stereocenters. The van der Waals surface area contributed by atoms with Crippen LogP contribution in [0.15, 0.2) is 30.6 Å². The van der Waals surface area contributed by atoms with Crippen molar-refractivity contribution >= 4 is 29.4 Å². The molecule has 2 amide bonds. The third kappa shape index (κ3) is 2.85. The van der Waals surface area contributed by atoms with E-state index in [4.69, 9.17) is 0 Å². The van der Waals surface area contributed by atoms with Crippen molar-refractivity contribution in [2.75, 3.05) is 36.4 Å². The van der Waals surface area contributed by atoms with Gasteiger partial charge in [-0.3, -0.25) is 10.2 Å². The molecule has 3 heterocycles. The van der Waals surface area contributed by atoms with Gasteiger partial charge in [-0.05, 0) is 6.07 Å². The first-order chi connectivity index (χ1) is 9.83. The number of urea groups is 1. The van der Waals surface area contributed by atoms with Crippen molar-refractivity contribution < 1.29 is 9.78 Å². The second-order valence-electron chi connectivity index (χ2n) is 4.44. The Hall–Kier alpha value is -2.22. The molecule has 1 aliphatic rings. The molecule has 7 nitrogen and oxygen atoms in total. The maximum absolute atomic E-state index is 12.0. The monoisotopic (exact) mass is 291 g/mol. The van der Waals surface area contributed by atoms with Crippen LogP contribution in [0.1, 0.15) is 0 Å². The summed E-state index contributed by atoms with van der Waals surface area (Å²) in [6.45, 7) is 2.99. The van der Waals surface area contributed by atoms with Gasteiger partial charge in [0.2, 0.25) is 0 Å². The number of nitrogens with one attached hydrogen (secondary N) is 2. The molecule has 1 fully saturated rings. The van der Waals surface area contributed by atoms with E-state index in [-0.39, 0.29) is 6.03 Å². The first-order valence-electron chi connectivity index (χ1n) is 6.38. The Morgan fingerprint density at radius 2 is 2.15 bits per heavy atom. The first-order valence-corrected chi connectivity index (χ1v) is 7.11. The normalized spacial score (nSPS) is 15.2. The van der Waals surface area contributed by atoms with Crippen LogP contribution in [0.25, 0.3) is 0 Å². The van der Waals surface area contributed by atoms with Gasteiger partial charge in [0.05, 0.1) is 37.2 Å². The minimum absolute atomic E-state index is 0.116. The maximum Gasteiger partial charge on any atom is 0.323 e. The fraction of sp³-hybridized carbons (Fsp3) is 0.333. The van der Waals surface area contributed by atoms with E-state index in [1.165, 1.54) is 0 Å². The van der Waals surface area contributed by atoms with Crippen LogP contribution in [0, 0.1) is 0 Å². The van der Waals surface area contributed by atoms with Crippen LogP contribution in [0.3, 0.4) is 0 Å². The number of aromatic nitrogens is 3. The number of nitrogens with zero attached hydrogens (tertiary/aromatic N) is 4. The van der Waals surface area contributed by atoms with Crippen molar-refractivity contribution in [3.63, 3.8) is 0 Å². The lowest BCUT2D eigenvalue weighted by atomic mass is 10.3. The van der Waals surface area contributed by atoms with Crippen LogP contribution < -0.4 is 15.2 Å². The highest BCUT2D eigenvalue weighted by Crippen LogP contribution is 2.11. The van der Waals surface area contributed by atoms with Crippen LogP contribution in [-0.4, -0.2) is 45.9 Å². The van der Waals surface area contributed by atoms with Crippen molar-refractivity contribution in [2.24, 2.45) is 0 Å². The molecule has 1 aliphatic heterocycles. The molecule has 3 rings (SSSR count). The molecule has 104 valence electrons. The Bertz CT molecular complexity index is 553. The fourth-order valence-corrected chi connectivity index (χ4v) is 2.51. The molecule has 0 saturated carbocycles. The predicted octanol–water partition coefficient (Wildman–Crippen LogP) is 0.706. The lowest BCUT2D eigenvalue weighted by Crippen LogP contribution is -2.51. The quantitative estimate of drug-likeness (QED) is 0.884. The summed E-state index contributed by atoms with van der Waals surface area (Å²) in [6, 6.07) is 5.88. The Morgan fingerprint density at radius 3 is 2.80 bits per heavy atom. The topological polar surface area (TPSA) is 75.5 Å². The molecule has 2 aromatic rings. The number of amides is 2. The van der Waals surface area contributed by atoms with Gasteiger partial charge in [0.1, 0.15) is 13.1 Å². The van der Waals surface area contributed by atoms with Gasteiger partial charge in [0.25, 0.3) is 5.82 Å². The number of pyridine rings is 1. The molecule has 0 bridgehead atoms. The molecule has 0 aliphatic carbocycles. The van der Waals surface area contributed by atoms with Crippen molar-refractivity contribution in [1.82, 2.24) is 13.6 Å². The highest BCUT2D eigenvalue weighted by Gasteiger charge is 2.26. The van der Waals surface area contributed by atoms with Crippen LogP contribution in [0.4, 0.5) is 16.4 Å². The van der Waals surface area contributed by atoms with Gasteiger partial charge in [0.15, 0.2) is 5.82 Å². The molecular weight excluding hydrogens is 276 g/mol. The molecule has 2 aromatic heterocycles. The summed E-state index contributed by atoms with van der Waals surface area (Å²) in [7, 11) is 0. The van der Waals surface area contributed by atoms with Gasteiger partial charge >= 0.3 is 6.03 Å². The summed E-state index contributed by atoms with van der Waals surface area (Å²) >= 11 is 1.08. The SMILES string of the molecule is O=C(Nc1cnsn1)N1CCN(c2cccc[nH+]2)CC1. The van der Waals surface area contributed by atoms with Gasteiger partial charge in [0, 0.05) is 6.07 Å². The summed E-state index contributed by atoms with van der Waals surface area (Å²) in [6.07, 6.45) is 3.46. The van der Waals surface area contributed by atoms with Crippen molar-refractivity contribution in [3.8, 4) is 0 Å². The number of rotatable bonds is 2. The largest absolute Gasteiger partial charge is 0.323 e. The number of piperazine rings is 1. The van der Waals surface area contributed by atoms with Gasteiger partial charge in [-0.25, -0.2) is 9.78 Å². The summed E-state index contributed by atoms with van der Waals surface area (Å²) in [5.41, 5.74) is 0. The lowest BCUT2D eigenvalue weighted by Gasteiger charge is -2.30. The van der Waals surface area contributed by atoms with Gasteiger partial charge in [-0.15, -0.1) is 0 Å². The average molecular weight is 291 g/mol. The molecule has 0 radical (unpaired) electrons. The number of carbonyl (C=O) groups excluding carboxylic acids is 1. The molecule has 1 saturated heterocycles. The van der Waals surface area contributed by atoms with E-state index >= 15 is 0 Å². The summed E-state index contributed by atoms with van der Waals surface area (Å²) in [4.78, 5) is 19.3. The lowest BCUT2D eigenvalue weighted by molar-refractivity contribution is -0.364. The third-order valence-electron chi connectivity index (χ3n) is 3.20. The number of hydrogen-bond donors (Lipinski definition) is 1. The molecular formula is C12H15N6OS+. The van der Waals surface area contributed by atoms with E-state index < -0.39 is 0 Å². The minimum Gasteiger partial charge on any atom is -0.317 e. The maximum atomic E-state index is 12.0. The molecule has 0 atom stereocenters. The second kappa shape index (κ2) is 5.83. The molecule has 0 spiro atoms. The van der Waals surface area contributed by atoms with E-state index in [0.29, 0.717) is 18.9 Å². The average Bonchev–Trinajstić information content (AvgIpc) is 3.01. The van der Waals surface area contributed by atoms with Gasteiger partial charge in [-0.1, -0.05) is 6.07 Å². The van der Waals surface area contributed by atoms with E-state index in [1.807, 2.05) is 24.4 Å². The zero-order valence-corrected chi connectivity index (χ0v) is 11.6. The number of H-pyrrole nitrogens is 1. The Kier molecular flexibility index (Phi) is 3.73. The zero-order chi connectivity index (χ0) is 13.8. The number of aromatic amines is 1. The molecule has 20 heavy (non-hydrogen) atoms. The van der Waals surface area contributed by atoms with Crippen LogP contribution in [0.5, 0.6) is 0 Å². The van der Waals surface area contributed by atoms with E-state index in [2.05, 4.69) is 23.9 Å². The number of hydrogen-bond acceptors (Lipinski definition) is 5. The van der Waals surface area contributed by atoms with Crippen LogP contribution in [-0.2, 0) is 0 Å². The van der Waals surface area contributed by atoms with Crippen LogP contribution in [0.2, 0.25) is 0 Å². The Balaban J connectivity index is 1.54. The zero-order valence-electron chi connectivity index (χ0n) is 10.8. The number of anilines is 2. The van der Waals surface area contributed by atoms with Crippen molar-refractivity contribution in [1.29, 1.82) is 0 Å². The highest BCUT2D eigenvalue weighted by molar-refractivity contribution is 6.99. The van der Waals surface area contributed by atoms with E-state index in [1.54, 1.807) is 11.1 Å². The Morgan fingerprint density at radius 1 is 1.30 bits per heavy atom. The number of carbonyl (C=O) groups is 1. The molecule has 0 aromatic carbocycles. The van der Waals surface area contributed by atoms with Gasteiger partial charge < -0.3 is 4.90 Å².